The number of hydrogen-bond donors (Lipinski definition) is 3. The lowest BCUT2D eigenvalue weighted by atomic mass is 10.3. The van der Waals surface area contributed by atoms with Gasteiger partial charge in [-0.25, -0.2) is 4.79 Å². The second-order valence-electron chi connectivity index (χ2n) is 4.65. The Labute approximate surface area is 122 Å². The van der Waals surface area contributed by atoms with Gasteiger partial charge in [0.05, 0.1) is 6.54 Å². The normalized spacial score (nSPS) is 14.9. The molecule has 1 aliphatic rings. The quantitative estimate of drug-likeness (QED) is 0.740. The molecule has 1 aromatic rings. The van der Waals surface area contributed by atoms with Crippen LogP contribution in [0.25, 0.3) is 0 Å². The van der Waals surface area contributed by atoms with Gasteiger partial charge in [0.15, 0.2) is 0 Å². The fourth-order valence-electron chi connectivity index (χ4n) is 1.98. The average molecular weight is 290 g/mol. The molecule has 0 aromatic heterocycles. The fourth-order valence-corrected chi connectivity index (χ4v) is 1.98. The van der Waals surface area contributed by atoms with E-state index in [1.807, 2.05) is 18.2 Å². The lowest BCUT2D eigenvalue weighted by Crippen LogP contribution is -2.42. The second-order valence-corrected chi connectivity index (χ2v) is 4.65. The Morgan fingerprint density at radius 3 is 2.71 bits per heavy atom. The first kappa shape index (κ1) is 14.8. The Hall–Kier alpha value is -2.57. The van der Waals surface area contributed by atoms with Crippen LogP contribution in [0.3, 0.4) is 0 Å². The highest BCUT2D eigenvalue weighted by Gasteiger charge is 2.18. The maximum absolute atomic E-state index is 12.0. The van der Waals surface area contributed by atoms with Gasteiger partial charge < -0.3 is 20.9 Å². The summed E-state index contributed by atoms with van der Waals surface area (Å²) in [5.41, 5.74) is 0.659. The van der Waals surface area contributed by atoms with Crippen LogP contribution in [0.1, 0.15) is 6.42 Å². The molecule has 0 aliphatic carbocycles. The van der Waals surface area contributed by atoms with E-state index in [0.717, 1.165) is 0 Å². The molecule has 7 nitrogen and oxygen atoms in total. The largest absolute Gasteiger partial charge is 0.354 e. The van der Waals surface area contributed by atoms with E-state index < -0.39 is 6.03 Å². The number of urea groups is 1. The third kappa shape index (κ3) is 4.79. The Bertz CT molecular complexity index is 518. The molecule has 3 N–H and O–H groups in total. The molecule has 0 atom stereocenters. The van der Waals surface area contributed by atoms with E-state index in [-0.39, 0.29) is 18.4 Å². The molecule has 7 heteroatoms. The molecule has 0 saturated carbocycles. The first-order valence-electron chi connectivity index (χ1n) is 6.79. The minimum Gasteiger partial charge on any atom is -0.354 e. The van der Waals surface area contributed by atoms with Crippen molar-refractivity contribution in [3.05, 3.63) is 30.3 Å². The lowest BCUT2D eigenvalue weighted by molar-refractivity contribution is -0.129. The zero-order valence-electron chi connectivity index (χ0n) is 11.6. The van der Waals surface area contributed by atoms with Crippen molar-refractivity contribution in [2.75, 3.05) is 31.5 Å². The highest BCUT2D eigenvalue weighted by atomic mass is 16.2. The zero-order valence-corrected chi connectivity index (χ0v) is 11.6. The SMILES string of the molecule is O=C1CCN(C(=O)CNC(=O)Nc2ccccc2)CCN1. The monoisotopic (exact) mass is 290 g/mol. The molecule has 1 aliphatic heterocycles. The number of carbonyl (C=O) groups is 3. The van der Waals surface area contributed by atoms with Gasteiger partial charge in [-0.05, 0) is 12.1 Å². The van der Waals surface area contributed by atoms with Crippen molar-refractivity contribution in [1.82, 2.24) is 15.5 Å². The van der Waals surface area contributed by atoms with Gasteiger partial charge in [-0.3, -0.25) is 9.59 Å². The van der Waals surface area contributed by atoms with Crippen LogP contribution in [0.4, 0.5) is 10.5 Å². The number of benzene rings is 1. The predicted octanol–water partition coefficient (Wildman–Crippen LogP) is 0.157. The molecule has 2 rings (SSSR count). The number of anilines is 1. The van der Waals surface area contributed by atoms with Crippen LogP contribution < -0.4 is 16.0 Å². The standard InChI is InChI=1S/C14H18N4O3/c19-12-6-8-18(9-7-15-12)13(20)10-16-14(21)17-11-4-2-1-3-5-11/h1-5H,6-10H2,(H,15,19)(H2,16,17,21). The summed E-state index contributed by atoms with van der Waals surface area (Å²) in [6, 6.07) is 8.55. The van der Waals surface area contributed by atoms with Gasteiger partial charge in [0.2, 0.25) is 11.8 Å². The van der Waals surface area contributed by atoms with E-state index >= 15 is 0 Å². The maximum Gasteiger partial charge on any atom is 0.319 e. The Morgan fingerprint density at radius 1 is 1.19 bits per heavy atom. The average Bonchev–Trinajstić information content (AvgIpc) is 2.70. The zero-order chi connectivity index (χ0) is 15.1. The highest BCUT2D eigenvalue weighted by Crippen LogP contribution is 2.04. The van der Waals surface area contributed by atoms with Crippen LogP contribution in [0.2, 0.25) is 0 Å². The number of amides is 4. The molecular formula is C14H18N4O3. The summed E-state index contributed by atoms with van der Waals surface area (Å²) < 4.78 is 0. The highest BCUT2D eigenvalue weighted by molar-refractivity contribution is 5.92. The summed E-state index contributed by atoms with van der Waals surface area (Å²) in [4.78, 5) is 36.4. The van der Waals surface area contributed by atoms with Crippen molar-refractivity contribution in [1.29, 1.82) is 0 Å². The van der Waals surface area contributed by atoms with Gasteiger partial charge >= 0.3 is 6.03 Å². The number of nitrogens with one attached hydrogen (secondary N) is 3. The topological polar surface area (TPSA) is 90.5 Å². The molecular weight excluding hydrogens is 272 g/mol. The summed E-state index contributed by atoms with van der Waals surface area (Å²) in [6.45, 7) is 1.20. The van der Waals surface area contributed by atoms with E-state index in [2.05, 4.69) is 16.0 Å². The molecule has 21 heavy (non-hydrogen) atoms. The van der Waals surface area contributed by atoms with Crippen LogP contribution in [0.15, 0.2) is 30.3 Å². The molecule has 0 radical (unpaired) electrons. The van der Waals surface area contributed by atoms with E-state index in [4.69, 9.17) is 0 Å². The van der Waals surface area contributed by atoms with E-state index in [9.17, 15) is 14.4 Å². The minimum atomic E-state index is -0.432. The first-order chi connectivity index (χ1) is 10.1. The van der Waals surface area contributed by atoms with Crippen molar-refractivity contribution >= 4 is 23.5 Å². The molecule has 1 saturated heterocycles. The summed E-state index contributed by atoms with van der Waals surface area (Å²) in [6.07, 6.45) is 0.294. The van der Waals surface area contributed by atoms with E-state index in [1.165, 1.54) is 0 Å². The molecule has 1 aromatic carbocycles. The van der Waals surface area contributed by atoms with Gasteiger partial charge in [-0.2, -0.15) is 0 Å². The van der Waals surface area contributed by atoms with Crippen LogP contribution in [-0.4, -0.2) is 48.9 Å². The maximum atomic E-state index is 12.0. The van der Waals surface area contributed by atoms with Gasteiger partial charge in [0, 0.05) is 31.7 Å². The Balaban J connectivity index is 1.75. The van der Waals surface area contributed by atoms with E-state index in [0.29, 0.717) is 31.7 Å². The van der Waals surface area contributed by atoms with Crippen molar-refractivity contribution in [2.45, 2.75) is 6.42 Å². The van der Waals surface area contributed by atoms with Gasteiger partial charge in [0.1, 0.15) is 0 Å². The summed E-state index contributed by atoms with van der Waals surface area (Å²) in [7, 11) is 0. The van der Waals surface area contributed by atoms with Gasteiger partial charge in [0.25, 0.3) is 0 Å². The molecule has 0 unspecified atom stereocenters. The number of para-hydroxylation sites is 1. The van der Waals surface area contributed by atoms with Crippen LogP contribution in [0.5, 0.6) is 0 Å². The van der Waals surface area contributed by atoms with Gasteiger partial charge in [-0.15, -0.1) is 0 Å². The van der Waals surface area contributed by atoms with Crippen molar-refractivity contribution in [2.24, 2.45) is 0 Å². The minimum absolute atomic E-state index is 0.0555. The predicted molar refractivity (Wildman–Crippen MR) is 77.7 cm³/mol. The van der Waals surface area contributed by atoms with Gasteiger partial charge in [-0.1, -0.05) is 18.2 Å². The van der Waals surface area contributed by atoms with E-state index in [1.54, 1.807) is 17.0 Å². The summed E-state index contributed by atoms with van der Waals surface area (Å²) in [5, 5.41) is 7.84. The molecule has 1 heterocycles. The molecule has 4 amide bonds. The Kier molecular flexibility index (Phi) is 5.14. The fraction of sp³-hybridized carbons (Fsp3) is 0.357. The molecule has 112 valence electrons. The second kappa shape index (κ2) is 7.28. The third-order valence-corrected chi connectivity index (χ3v) is 3.10. The number of carbonyl (C=O) groups excluding carboxylic acids is 3. The summed E-state index contributed by atoms with van der Waals surface area (Å²) >= 11 is 0. The lowest BCUT2D eigenvalue weighted by Gasteiger charge is -2.19. The number of rotatable bonds is 3. The number of hydrogen-bond acceptors (Lipinski definition) is 3. The van der Waals surface area contributed by atoms with Crippen LogP contribution in [0, 0.1) is 0 Å². The Morgan fingerprint density at radius 2 is 1.95 bits per heavy atom. The summed E-state index contributed by atoms with van der Waals surface area (Å²) in [5.74, 6) is -0.255. The molecule has 0 spiro atoms. The molecule has 1 fully saturated rings. The van der Waals surface area contributed by atoms with Crippen molar-refractivity contribution in [3.8, 4) is 0 Å². The van der Waals surface area contributed by atoms with Crippen LogP contribution in [-0.2, 0) is 9.59 Å². The first-order valence-corrected chi connectivity index (χ1v) is 6.79. The van der Waals surface area contributed by atoms with Crippen molar-refractivity contribution in [3.63, 3.8) is 0 Å². The van der Waals surface area contributed by atoms with Crippen LogP contribution >= 0.6 is 0 Å². The number of nitrogens with zero attached hydrogens (tertiary/aromatic N) is 1. The molecule has 0 bridgehead atoms. The van der Waals surface area contributed by atoms with Crippen molar-refractivity contribution < 1.29 is 14.4 Å². The third-order valence-electron chi connectivity index (χ3n) is 3.10. The smallest absolute Gasteiger partial charge is 0.319 e.